The van der Waals surface area contributed by atoms with Crippen LogP contribution in [-0.2, 0) is 12.8 Å². The molecule has 0 saturated heterocycles. The molecule has 3 heteroatoms. The summed E-state index contributed by atoms with van der Waals surface area (Å²) in [6, 6.07) is 16.6. The first-order valence-corrected chi connectivity index (χ1v) is 12.1. The van der Waals surface area contributed by atoms with Crippen LogP contribution in [0.5, 0.6) is 0 Å². The molecule has 0 spiro atoms. The van der Waals surface area contributed by atoms with Crippen molar-refractivity contribution in [1.82, 2.24) is 0 Å². The number of thioether (sulfide) groups is 1. The summed E-state index contributed by atoms with van der Waals surface area (Å²) in [5.41, 5.74) is 4.16. The van der Waals surface area contributed by atoms with Crippen molar-refractivity contribution in [2.45, 2.75) is 44.4 Å². The SMILES string of the molecule is CCCCc1cc(F)c(C#Cc2ccc(C#Cc3ccc(SC)cc3)c(CC)c2)c(F)c1. The number of hydrogen-bond acceptors (Lipinski definition) is 1. The van der Waals surface area contributed by atoms with Gasteiger partial charge in [-0.2, -0.15) is 0 Å². The van der Waals surface area contributed by atoms with E-state index in [4.69, 9.17) is 0 Å². The minimum absolute atomic E-state index is 0.180. The first-order valence-electron chi connectivity index (χ1n) is 10.8. The molecule has 0 nitrogen and oxygen atoms in total. The maximum absolute atomic E-state index is 14.4. The van der Waals surface area contributed by atoms with Gasteiger partial charge in [0.15, 0.2) is 0 Å². The van der Waals surface area contributed by atoms with Gasteiger partial charge in [-0.25, -0.2) is 8.78 Å². The van der Waals surface area contributed by atoms with Crippen molar-refractivity contribution < 1.29 is 8.78 Å². The molecule has 0 aliphatic heterocycles. The third-order valence-corrected chi connectivity index (χ3v) is 5.91. The van der Waals surface area contributed by atoms with E-state index < -0.39 is 11.6 Å². The minimum Gasteiger partial charge on any atom is -0.206 e. The van der Waals surface area contributed by atoms with Crippen LogP contribution >= 0.6 is 11.8 Å². The van der Waals surface area contributed by atoms with Gasteiger partial charge in [0.25, 0.3) is 0 Å². The Hall–Kier alpha value is -3.01. The Kier molecular flexibility index (Phi) is 8.55. The fraction of sp³-hybridized carbons (Fsp3) is 0.241. The monoisotopic (exact) mass is 444 g/mol. The fourth-order valence-corrected chi connectivity index (χ4v) is 3.71. The number of halogens is 2. The smallest absolute Gasteiger partial charge is 0.142 e. The highest BCUT2D eigenvalue weighted by atomic mass is 32.2. The topological polar surface area (TPSA) is 0 Å². The molecule has 0 amide bonds. The molecule has 162 valence electrons. The molecule has 0 aliphatic carbocycles. The second-order valence-electron chi connectivity index (χ2n) is 7.49. The lowest BCUT2D eigenvalue weighted by molar-refractivity contribution is 0.572. The predicted octanol–water partition coefficient (Wildman–Crippen LogP) is 7.39. The van der Waals surface area contributed by atoms with Crippen molar-refractivity contribution in [2.75, 3.05) is 6.26 Å². The molecule has 0 aromatic heterocycles. The highest BCUT2D eigenvalue weighted by Crippen LogP contribution is 2.18. The van der Waals surface area contributed by atoms with Gasteiger partial charge in [-0.05, 0) is 91.2 Å². The van der Waals surface area contributed by atoms with Crippen LogP contribution in [0.4, 0.5) is 8.78 Å². The molecule has 0 bridgehead atoms. The molecule has 0 saturated carbocycles. The second kappa shape index (κ2) is 11.6. The largest absolute Gasteiger partial charge is 0.206 e. The number of aryl methyl sites for hydroxylation is 2. The number of rotatable bonds is 5. The Morgan fingerprint density at radius 1 is 0.781 bits per heavy atom. The fourth-order valence-electron chi connectivity index (χ4n) is 3.30. The van der Waals surface area contributed by atoms with Gasteiger partial charge >= 0.3 is 0 Å². The van der Waals surface area contributed by atoms with Gasteiger partial charge in [0.2, 0.25) is 0 Å². The van der Waals surface area contributed by atoms with Gasteiger partial charge in [0, 0.05) is 21.6 Å². The van der Waals surface area contributed by atoms with E-state index in [1.807, 2.05) is 36.6 Å². The van der Waals surface area contributed by atoms with E-state index in [-0.39, 0.29) is 5.56 Å². The molecular formula is C29H26F2S. The third-order valence-electron chi connectivity index (χ3n) is 5.17. The molecule has 0 fully saturated rings. The molecule has 0 N–H and O–H groups in total. The summed E-state index contributed by atoms with van der Waals surface area (Å²) in [5, 5.41) is 0. The molecule has 0 heterocycles. The Balaban J connectivity index is 1.83. The zero-order valence-electron chi connectivity index (χ0n) is 18.7. The van der Waals surface area contributed by atoms with Gasteiger partial charge in [0.05, 0.1) is 5.56 Å². The molecule has 0 aliphatic rings. The van der Waals surface area contributed by atoms with E-state index in [0.29, 0.717) is 17.5 Å². The summed E-state index contributed by atoms with van der Waals surface area (Å²) in [7, 11) is 0. The van der Waals surface area contributed by atoms with Crippen molar-refractivity contribution in [3.05, 3.63) is 99.6 Å². The van der Waals surface area contributed by atoms with Crippen LogP contribution in [0, 0.1) is 35.3 Å². The Bertz CT molecular complexity index is 1180. The van der Waals surface area contributed by atoms with Crippen LogP contribution in [0.3, 0.4) is 0 Å². The average molecular weight is 445 g/mol. The molecular weight excluding hydrogens is 418 g/mol. The van der Waals surface area contributed by atoms with E-state index >= 15 is 0 Å². The average Bonchev–Trinajstić information content (AvgIpc) is 2.81. The van der Waals surface area contributed by atoms with Gasteiger partial charge in [-0.3, -0.25) is 0 Å². The molecule has 0 atom stereocenters. The molecule has 3 aromatic carbocycles. The number of unbranched alkanes of at least 4 members (excludes halogenated alkanes) is 1. The normalized spacial score (nSPS) is 10.2. The van der Waals surface area contributed by atoms with Crippen LogP contribution in [-0.4, -0.2) is 6.26 Å². The third kappa shape index (κ3) is 6.25. The van der Waals surface area contributed by atoms with Crippen LogP contribution in [0.25, 0.3) is 0 Å². The van der Waals surface area contributed by atoms with Crippen LogP contribution < -0.4 is 0 Å². The van der Waals surface area contributed by atoms with Crippen molar-refractivity contribution in [2.24, 2.45) is 0 Å². The minimum atomic E-state index is -0.603. The molecule has 32 heavy (non-hydrogen) atoms. The summed E-state index contributed by atoms with van der Waals surface area (Å²) in [6.07, 6.45) is 5.39. The highest BCUT2D eigenvalue weighted by molar-refractivity contribution is 7.98. The van der Waals surface area contributed by atoms with E-state index in [9.17, 15) is 8.78 Å². The lowest BCUT2D eigenvalue weighted by Crippen LogP contribution is -1.95. The van der Waals surface area contributed by atoms with Crippen molar-refractivity contribution in [3.63, 3.8) is 0 Å². The van der Waals surface area contributed by atoms with E-state index in [2.05, 4.69) is 49.7 Å². The van der Waals surface area contributed by atoms with Gasteiger partial charge in [0.1, 0.15) is 11.6 Å². The van der Waals surface area contributed by atoms with E-state index in [1.165, 1.54) is 17.0 Å². The summed E-state index contributed by atoms with van der Waals surface area (Å²) in [6.45, 7) is 4.11. The molecule has 3 aromatic rings. The maximum Gasteiger partial charge on any atom is 0.142 e. The second-order valence-corrected chi connectivity index (χ2v) is 8.37. The van der Waals surface area contributed by atoms with Gasteiger partial charge in [-0.15, -0.1) is 11.8 Å². The Morgan fingerprint density at radius 3 is 2.06 bits per heavy atom. The Morgan fingerprint density at radius 2 is 1.44 bits per heavy atom. The van der Waals surface area contributed by atoms with E-state index in [0.717, 1.165) is 36.0 Å². The standard InChI is InChI=1S/C29H26F2S/c1-4-6-7-23-19-28(30)27(29(31)20-23)17-12-22-9-14-25(24(5-2)18-22)13-8-21-10-15-26(32-3)16-11-21/h9-11,14-16,18-20H,4-7H2,1-3H3. The van der Waals surface area contributed by atoms with Gasteiger partial charge in [-0.1, -0.05) is 44.0 Å². The first-order chi connectivity index (χ1) is 15.5. The number of benzene rings is 3. The lowest BCUT2D eigenvalue weighted by Gasteiger charge is -2.04. The quantitative estimate of drug-likeness (QED) is 0.292. The number of hydrogen-bond donors (Lipinski definition) is 0. The van der Waals surface area contributed by atoms with Crippen molar-refractivity contribution in [3.8, 4) is 23.7 Å². The first kappa shape index (κ1) is 23.6. The van der Waals surface area contributed by atoms with Crippen LogP contribution in [0.15, 0.2) is 59.5 Å². The molecule has 3 rings (SSSR count). The highest BCUT2D eigenvalue weighted by Gasteiger charge is 2.09. The van der Waals surface area contributed by atoms with Crippen molar-refractivity contribution in [1.29, 1.82) is 0 Å². The van der Waals surface area contributed by atoms with Crippen LogP contribution in [0.1, 0.15) is 60.1 Å². The van der Waals surface area contributed by atoms with E-state index in [1.54, 1.807) is 11.8 Å². The zero-order valence-corrected chi connectivity index (χ0v) is 19.5. The summed E-state index contributed by atoms with van der Waals surface area (Å²) >= 11 is 1.70. The predicted molar refractivity (Wildman–Crippen MR) is 131 cm³/mol. The molecule has 0 unspecified atom stereocenters. The van der Waals surface area contributed by atoms with Gasteiger partial charge < -0.3 is 0 Å². The molecule has 0 radical (unpaired) electrons. The maximum atomic E-state index is 14.4. The van der Waals surface area contributed by atoms with Crippen LogP contribution in [0.2, 0.25) is 0 Å². The van der Waals surface area contributed by atoms with Crippen molar-refractivity contribution >= 4 is 11.8 Å². The lowest BCUT2D eigenvalue weighted by atomic mass is 10.0. The summed E-state index contributed by atoms with van der Waals surface area (Å²) in [5.74, 6) is 10.8. The zero-order chi connectivity index (χ0) is 22.9. The Labute approximate surface area is 194 Å². The summed E-state index contributed by atoms with van der Waals surface area (Å²) in [4.78, 5) is 1.20. The summed E-state index contributed by atoms with van der Waals surface area (Å²) < 4.78 is 28.8.